The summed E-state index contributed by atoms with van der Waals surface area (Å²) in [4.78, 5) is 12.5. The molecule has 0 aliphatic rings. The van der Waals surface area contributed by atoms with Gasteiger partial charge >= 0.3 is 5.97 Å². The molecule has 5 heteroatoms. The van der Waals surface area contributed by atoms with Gasteiger partial charge in [0.25, 0.3) is 0 Å². The number of hydrogen-bond acceptors (Lipinski definition) is 3. The zero-order valence-corrected chi connectivity index (χ0v) is 10.0. The number of anilines is 1. The molecule has 0 bridgehead atoms. The maximum absolute atomic E-state index is 10.4. The van der Waals surface area contributed by atoms with Crippen molar-refractivity contribution in [3.63, 3.8) is 0 Å². The van der Waals surface area contributed by atoms with E-state index in [2.05, 4.69) is 0 Å². The molecule has 0 radical (unpaired) electrons. The third-order valence-corrected chi connectivity index (χ3v) is 2.67. The van der Waals surface area contributed by atoms with Gasteiger partial charge in [0, 0.05) is 20.5 Å². The average molecular weight is 236 g/mol. The van der Waals surface area contributed by atoms with Gasteiger partial charge in [0.1, 0.15) is 5.52 Å². The van der Waals surface area contributed by atoms with Gasteiger partial charge < -0.3 is 14.5 Å². The van der Waals surface area contributed by atoms with E-state index >= 15 is 0 Å². The molecule has 1 aromatic carbocycles. The highest BCUT2D eigenvalue weighted by Gasteiger charge is 2.14. The molecule has 0 aliphatic carbocycles. The molecule has 1 aromatic heterocycles. The Labute approximate surface area is 99.2 Å². The molecule has 5 nitrogen and oxygen atoms in total. The largest absolute Gasteiger partial charge is 0.481 e. The molecule has 0 spiro atoms. The molecule has 0 aliphatic heterocycles. The minimum atomic E-state index is -0.772. The van der Waals surface area contributed by atoms with Gasteiger partial charge in [0.2, 0.25) is 0 Å². The quantitative estimate of drug-likeness (QED) is 0.864. The highest BCUT2D eigenvalue weighted by atomic mass is 16.5. The number of fused-ring (bicyclic) bond motifs is 1. The van der Waals surface area contributed by atoms with Crippen LogP contribution in [0.5, 0.6) is 0 Å². The number of hydrogen-bond donors (Lipinski definition) is 1. The number of carboxylic acid groups (broad SMARTS) is 1. The van der Waals surface area contributed by atoms with Crippen molar-refractivity contribution in [1.82, 2.24) is 4.74 Å². The van der Waals surface area contributed by atoms with Crippen molar-refractivity contribution in [2.45, 2.75) is 19.4 Å². The Kier molecular flexibility index (Phi) is 3.08. The molecule has 0 unspecified atom stereocenters. The smallest absolute Gasteiger partial charge is 0.303 e. The maximum Gasteiger partial charge on any atom is 0.303 e. The molecular weight excluding hydrogens is 220 g/mol. The average Bonchev–Trinajstić information content (AvgIpc) is 2.23. The van der Waals surface area contributed by atoms with E-state index in [1.807, 2.05) is 37.2 Å². The Balaban J connectivity index is 2.17. The van der Waals surface area contributed by atoms with Gasteiger partial charge in [-0.05, 0) is 18.6 Å². The molecule has 0 saturated heterocycles. The number of carboxylic acids is 1. The lowest BCUT2D eigenvalue weighted by Gasteiger charge is -2.20. The topological polar surface area (TPSA) is 58.6 Å². The van der Waals surface area contributed by atoms with Crippen molar-refractivity contribution >= 4 is 22.8 Å². The van der Waals surface area contributed by atoms with Crippen molar-refractivity contribution in [3.05, 3.63) is 18.2 Å². The van der Waals surface area contributed by atoms with Gasteiger partial charge in [-0.15, -0.1) is 0 Å². The van der Waals surface area contributed by atoms with Gasteiger partial charge in [-0.1, -0.05) is 6.07 Å². The lowest BCUT2D eigenvalue weighted by atomic mass is 10.2. The highest BCUT2D eigenvalue weighted by Crippen LogP contribution is 2.29. The highest BCUT2D eigenvalue weighted by molar-refractivity contribution is 5.88. The summed E-state index contributed by atoms with van der Waals surface area (Å²) in [5.41, 5.74) is 2.98. The van der Waals surface area contributed by atoms with E-state index in [9.17, 15) is 4.79 Å². The van der Waals surface area contributed by atoms with Gasteiger partial charge in [-0.3, -0.25) is 4.79 Å². The molecule has 1 N–H and O–H groups in total. The van der Waals surface area contributed by atoms with Crippen molar-refractivity contribution in [1.29, 1.82) is 0 Å². The van der Waals surface area contributed by atoms with E-state index in [1.54, 1.807) is 4.74 Å². The Hall–Kier alpha value is -1.91. The van der Waals surface area contributed by atoms with Crippen LogP contribution in [0.2, 0.25) is 0 Å². The van der Waals surface area contributed by atoms with Crippen molar-refractivity contribution in [2.75, 3.05) is 19.0 Å². The van der Waals surface area contributed by atoms with Crippen LogP contribution in [0.3, 0.4) is 0 Å². The number of rotatable bonds is 5. The zero-order chi connectivity index (χ0) is 12.4. The molecule has 0 fully saturated rings. The second kappa shape index (κ2) is 4.53. The summed E-state index contributed by atoms with van der Waals surface area (Å²) in [5, 5.41) is 8.59. The predicted molar refractivity (Wildman–Crippen MR) is 65.4 cm³/mol. The Morgan fingerprint density at radius 1 is 1.47 bits per heavy atom. The number of para-hydroxylation sites is 1. The summed E-state index contributed by atoms with van der Waals surface area (Å²) in [7, 11) is 3.95. The van der Waals surface area contributed by atoms with Crippen LogP contribution in [0.15, 0.2) is 22.7 Å². The molecule has 17 heavy (non-hydrogen) atoms. The van der Waals surface area contributed by atoms with Crippen LogP contribution in [0.4, 0.5) is 5.69 Å². The van der Waals surface area contributed by atoms with E-state index in [4.69, 9.17) is 9.63 Å². The molecule has 0 amide bonds. The van der Waals surface area contributed by atoms with E-state index < -0.39 is 5.97 Å². The van der Waals surface area contributed by atoms with Crippen LogP contribution in [0.25, 0.3) is 11.1 Å². The first kappa shape index (κ1) is 11.6. The molecule has 1 heterocycles. The van der Waals surface area contributed by atoms with E-state index in [-0.39, 0.29) is 6.42 Å². The van der Waals surface area contributed by atoms with Crippen LogP contribution >= 0.6 is 0 Å². The first-order chi connectivity index (χ1) is 8.09. The summed E-state index contributed by atoms with van der Waals surface area (Å²) in [6.45, 7) is 0.601. The van der Waals surface area contributed by atoms with Crippen LogP contribution in [0, 0.1) is 0 Å². The second-order valence-corrected chi connectivity index (χ2v) is 4.21. The van der Waals surface area contributed by atoms with Crippen LogP contribution < -0.4 is 4.90 Å². The standard InChI is InChI=1S/C12H16N2O3/c1-13(2)9-5-3-6-10-12(9)14(17-10)8-4-7-11(15)16/h3,5-6H,4,7-8H2,1-2H3,(H,15,16). The van der Waals surface area contributed by atoms with Crippen LogP contribution in [-0.4, -0.2) is 29.9 Å². The first-order valence-electron chi connectivity index (χ1n) is 5.57. The fourth-order valence-corrected chi connectivity index (χ4v) is 1.85. The minimum absolute atomic E-state index is 0.166. The first-order valence-corrected chi connectivity index (χ1v) is 5.57. The number of benzene rings is 1. The van der Waals surface area contributed by atoms with Gasteiger partial charge in [0.05, 0.1) is 12.2 Å². The summed E-state index contributed by atoms with van der Waals surface area (Å²) >= 11 is 0. The zero-order valence-electron chi connectivity index (χ0n) is 10.0. The molecule has 2 aromatic rings. The molecule has 2 rings (SSSR count). The fraction of sp³-hybridized carbons (Fsp3) is 0.417. The predicted octanol–water partition coefficient (Wildman–Crippen LogP) is 2.17. The minimum Gasteiger partial charge on any atom is -0.481 e. The SMILES string of the molecule is CN(C)c1cccc2on(CCCC(=O)O)c12. The summed E-state index contributed by atoms with van der Waals surface area (Å²) in [6.07, 6.45) is 0.746. The van der Waals surface area contributed by atoms with Crippen molar-refractivity contribution < 1.29 is 14.4 Å². The third kappa shape index (κ3) is 2.27. The fourth-order valence-electron chi connectivity index (χ4n) is 1.85. The van der Waals surface area contributed by atoms with Gasteiger partial charge in [-0.25, -0.2) is 4.74 Å². The summed E-state index contributed by atoms with van der Waals surface area (Å²) < 4.78 is 7.23. The molecule has 92 valence electrons. The number of aliphatic carboxylic acids is 1. The van der Waals surface area contributed by atoms with E-state index in [0.29, 0.717) is 13.0 Å². The number of carbonyl (C=O) groups is 1. The van der Waals surface area contributed by atoms with Crippen LogP contribution in [-0.2, 0) is 11.3 Å². The van der Waals surface area contributed by atoms with E-state index in [1.165, 1.54) is 0 Å². The number of aromatic nitrogens is 1. The lowest BCUT2D eigenvalue weighted by Crippen LogP contribution is -2.14. The molecular formula is C12H16N2O3. The monoisotopic (exact) mass is 236 g/mol. The second-order valence-electron chi connectivity index (χ2n) is 4.21. The Bertz CT molecular complexity index is 525. The number of nitrogens with zero attached hydrogens (tertiary/aromatic N) is 2. The lowest BCUT2D eigenvalue weighted by molar-refractivity contribution is -0.137. The number of aryl methyl sites for hydroxylation is 1. The van der Waals surface area contributed by atoms with Crippen molar-refractivity contribution in [3.8, 4) is 0 Å². The molecule has 0 atom stereocenters. The van der Waals surface area contributed by atoms with Crippen LogP contribution in [0.1, 0.15) is 12.8 Å². The normalized spacial score (nSPS) is 10.9. The Morgan fingerprint density at radius 3 is 2.88 bits per heavy atom. The maximum atomic E-state index is 10.4. The van der Waals surface area contributed by atoms with E-state index in [0.717, 1.165) is 16.8 Å². The Morgan fingerprint density at radius 2 is 2.24 bits per heavy atom. The third-order valence-electron chi connectivity index (χ3n) is 2.67. The van der Waals surface area contributed by atoms with Gasteiger partial charge in [0.15, 0.2) is 5.58 Å². The van der Waals surface area contributed by atoms with Gasteiger partial charge in [-0.2, -0.15) is 0 Å². The summed E-state index contributed by atoms with van der Waals surface area (Å²) in [5.74, 6) is -0.772. The van der Waals surface area contributed by atoms with Crippen molar-refractivity contribution in [2.24, 2.45) is 0 Å². The summed E-state index contributed by atoms with van der Waals surface area (Å²) in [6, 6.07) is 5.88. The molecule has 0 saturated carbocycles.